The van der Waals surface area contributed by atoms with E-state index in [2.05, 4.69) is 0 Å². The molecule has 0 amide bonds. The Hall–Kier alpha value is 0.830. The van der Waals surface area contributed by atoms with Gasteiger partial charge in [-0.05, 0) is 13.3 Å². The van der Waals surface area contributed by atoms with Gasteiger partial charge in [-0.3, -0.25) is 0 Å². The zero-order valence-electron chi connectivity index (χ0n) is 6.70. The zero-order chi connectivity index (χ0) is 9.12. The van der Waals surface area contributed by atoms with E-state index in [1.165, 1.54) is 6.92 Å². The maximum absolute atomic E-state index is 9.59. The van der Waals surface area contributed by atoms with E-state index < -0.39 is 9.39 Å². The Balaban J connectivity index is 4.00. The average Bonchev–Trinajstić information content (AvgIpc) is 1.81. The molecule has 0 saturated heterocycles. The zero-order valence-corrected chi connectivity index (χ0v) is 8.97. The third kappa shape index (κ3) is 3.84. The van der Waals surface area contributed by atoms with Crippen LogP contribution in [0, 0.1) is 0 Å². The predicted octanol–water partition coefficient (Wildman–Crippen LogP) is 3.30. The van der Waals surface area contributed by atoms with Crippen molar-refractivity contribution in [3.05, 3.63) is 0 Å². The fraction of sp³-hybridized carbons (Fsp3) is 1.00. The van der Waals surface area contributed by atoms with Crippen molar-refractivity contribution in [1.82, 2.24) is 0 Å². The van der Waals surface area contributed by atoms with Crippen molar-refractivity contribution in [2.75, 3.05) is 0 Å². The van der Waals surface area contributed by atoms with Crippen LogP contribution in [0.25, 0.3) is 0 Å². The van der Waals surface area contributed by atoms with Crippen LogP contribution in [0.5, 0.6) is 0 Å². The first kappa shape index (κ1) is 11.8. The highest BCUT2D eigenvalue weighted by Crippen LogP contribution is 2.40. The van der Waals surface area contributed by atoms with Crippen molar-refractivity contribution in [3.8, 4) is 0 Å². The minimum Gasteiger partial charge on any atom is -0.386 e. The number of hydrogen-bond acceptors (Lipinski definition) is 1. The quantitative estimate of drug-likeness (QED) is 0.722. The first-order valence-corrected chi connectivity index (χ1v) is 4.74. The smallest absolute Gasteiger partial charge is 0.218 e. The van der Waals surface area contributed by atoms with Crippen LogP contribution in [-0.2, 0) is 0 Å². The maximum atomic E-state index is 9.59. The molecular weight excluding hydrogens is 206 g/mol. The summed E-state index contributed by atoms with van der Waals surface area (Å²) in [7, 11) is 0. The molecule has 0 spiro atoms. The molecule has 0 fully saturated rings. The van der Waals surface area contributed by atoms with E-state index in [-0.39, 0.29) is 0 Å². The number of alkyl halides is 3. The van der Waals surface area contributed by atoms with Gasteiger partial charge in [0.25, 0.3) is 0 Å². The highest BCUT2D eigenvalue weighted by molar-refractivity contribution is 6.68. The summed E-state index contributed by atoms with van der Waals surface area (Å²) < 4.78 is -1.58. The van der Waals surface area contributed by atoms with E-state index in [0.717, 1.165) is 12.8 Å². The molecular formula is C7H13Cl3O. The van der Waals surface area contributed by atoms with Gasteiger partial charge in [0.05, 0.1) is 0 Å². The van der Waals surface area contributed by atoms with Crippen LogP contribution in [0.2, 0.25) is 0 Å². The van der Waals surface area contributed by atoms with E-state index in [1.54, 1.807) is 0 Å². The SMILES string of the molecule is CCCCC(C)(O)C(Cl)(Cl)Cl. The Labute approximate surface area is 82.6 Å². The molecule has 0 saturated carbocycles. The lowest BCUT2D eigenvalue weighted by molar-refractivity contribution is 0.0525. The molecule has 0 bridgehead atoms. The number of aliphatic hydroxyl groups is 1. The molecule has 0 aromatic carbocycles. The summed E-state index contributed by atoms with van der Waals surface area (Å²) in [4.78, 5) is 0. The third-order valence-corrected chi connectivity index (χ3v) is 2.85. The lowest BCUT2D eigenvalue weighted by Crippen LogP contribution is -2.39. The van der Waals surface area contributed by atoms with Crippen molar-refractivity contribution in [2.45, 2.75) is 42.5 Å². The minimum absolute atomic E-state index is 0.514. The molecule has 0 aromatic rings. The monoisotopic (exact) mass is 218 g/mol. The number of rotatable bonds is 3. The fourth-order valence-electron chi connectivity index (χ4n) is 0.663. The normalized spacial score (nSPS) is 18.0. The highest BCUT2D eigenvalue weighted by atomic mass is 35.6. The summed E-state index contributed by atoms with van der Waals surface area (Å²) in [5.74, 6) is 0. The Bertz CT molecular complexity index is 117. The first-order chi connectivity index (χ1) is 4.81. The fourth-order valence-corrected chi connectivity index (χ4v) is 0.946. The van der Waals surface area contributed by atoms with Crippen LogP contribution in [0.15, 0.2) is 0 Å². The lowest BCUT2D eigenvalue weighted by Gasteiger charge is -2.30. The molecule has 0 aliphatic heterocycles. The maximum Gasteiger partial charge on any atom is 0.218 e. The summed E-state index contributed by atoms with van der Waals surface area (Å²) in [6.07, 6.45) is 2.36. The van der Waals surface area contributed by atoms with Crippen LogP contribution in [0.3, 0.4) is 0 Å². The topological polar surface area (TPSA) is 20.2 Å². The van der Waals surface area contributed by atoms with E-state index in [1.807, 2.05) is 6.92 Å². The van der Waals surface area contributed by atoms with Crippen LogP contribution >= 0.6 is 34.8 Å². The van der Waals surface area contributed by atoms with Crippen LogP contribution in [-0.4, -0.2) is 14.5 Å². The minimum atomic E-state index is -1.58. The summed E-state index contributed by atoms with van der Waals surface area (Å²) in [6, 6.07) is 0. The molecule has 0 aliphatic carbocycles. The second kappa shape index (κ2) is 4.18. The van der Waals surface area contributed by atoms with Crippen LogP contribution < -0.4 is 0 Å². The van der Waals surface area contributed by atoms with Gasteiger partial charge in [-0.25, -0.2) is 0 Å². The van der Waals surface area contributed by atoms with Gasteiger partial charge < -0.3 is 5.11 Å². The Morgan fingerprint density at radius 1 is 1.27 bits per heavy atom. The lowest BCUT2D eigenvalue weighted by atomic mass is 10.0. The summed E-state index contributed by atoms with van der Waals surface area (Å²) in [6.45, 7) is 3.56. The molecule has 68 valence electrons. The van der Waals surface area contributed by atoms with Gasteiger partial charge in [0.15, 0.2) is 0 Å². The standard InChI is InChI=1S/C7H13Cl3O/c1-3-4-5-6(2,11)7(8,9)10/h11H,3-5H2,1-2H3. The third-order valence-electron chi connectivity index (χ3n) is 1.63. The molecule has 0 aliphatic rings. The largest absolute Gasteiger partial charge is 0.386 e. The Morgan fingerprint density at radius 3 is 2.00 bits per heavy atom. The molecule has 1 N–H and O–H groups in total. The second-order valence-electron chi connectivity index (χ2n) is 2.88. The second-order valence-corrected chi connectivity index (χ2v) is 5.16. The first-order valence-electron chi connectivity index (χ1n) is 3.60. The number of halogens is 3. The van der Waals surface area contributed by atoms with E-state index in [9.17, 15) is 5.11 Å². The molecule has 1 atom stereocenters. The Morgan fingerprint density at radius 2 is 1.73 bits per heavy atom. The van der Waals surface area contributed by atoms with Gasteiger partial charge >= 0.3 is 0 Å². The van der Waals surface area contributed by atoms with Gasteiger partial charge in [0.1, 0.15) is 5.60 Å². The number of hydrogen-bond donors (Lipinski definition) is 1. The predicted molar refractivity (Wildman–Crippen MR) is 50.4 cm³/mol. The molecule has 1 unspecified atom stereocenters. The van der Waals surface area contributed by atoms with E-state index in [4.69, 9.17) is 34.8 Å². The number of unbranched alkanes of at least 4 members (excludes halogenated alkanes) is 1. The summed E-state index contributed by atoms with van der Waals surface area (Å²) >= 11 is 16.6. The van der Waals surface area contributed by atoms with Crippen molar-refractivity contribution in [2.24, 2.45) is 0 Å². The van der Waals surface area contributed by atoms with Gasteiger partial charge in [0, 0.05) is 0 Å². The van der Waals surface area contributed by atoms with Crippen molar-refractivity contribution >= 4 is 34.8 Å². The van der Waals surface area contributed by atoms with Gasteiger partial charge in [0.2, 0.25) is 3.79 Å². The van der Waals surface area contributed by atoms with Crippen LogP contribution in [0.1, 0.15) is 33.1 Å². The molecule has 0 rings (SSSR count). The molecule has 11 heavy (non-hydrogen) atoms. The molecule has 0 radical (unpaired) electrons. The molecule has 0 heterocycles. The Kier molecular flexibility index (Phi) is 4.49. The van der Waals surface area contributed by atoms with Gasteiger partial charge in [-0.15, -0.1) is 0 Å². The summed E-state index contributed by atoms with van der Waals surface area (Å²) in [5.41, 5.74) is -1.21. The molecule has 1 nitrogen and oxygen atoms in total. The van der Waals surface area contributed by atoms with Gasteiger partial charge in [-0.2, -0.15) is 0 Å². The summed E-state index contributed by atoms with van der Waals surface area (Å²) in [5, 5.41) is 9.59. The molecule has 0 aromatic heterocycles. The van der Waals surface area contributed by atoms with Crippen molar-refractivity contribution < 1.29 is 5.11 Å². The van der Waals surface area contributed by atoms with Crippen molar-refractivity contribution in [1.29, 1.82) is 0 Å². The molecule has 4 heteroatoms. The van der Waals surface area contributed by atoms with Gasteiger partial charge in [-0.1, -0.05) is 54.6 Å². The van der Waals surface area contributed by atoms with E-state index in [0.29, 0.717) is 6.42 Å². The highest BCUT2D eigenvalue weighted by Gasteiger charge is 2.41. The van der Waals surface area contributed by atoms with Crippen molar-refractivity contribution in [3.63, 3.8) is 0 Å². The van der Waals surface area contributed by atoms with Crippen LogP contribution in [0.4, 0.5) is 0 Å². The average molecular weight is 220 g/mol. The van der Waals surface area contributed by atoms with E-state index >= 15 is 0 Å².